The third-order valence-corrected chi connectivity index (χ3v) is 2.50. The van der Waals surface area contributed by atoms with E-state index < -0.39 is 0 Å². The van der Waals surface area contributed by atoms with Crippen LogP contribution >= 0.6 is 0 Å². The molecule has 1 heteroatoms. The van der Waals surface area contributed by atoms with E-state index in [1.165, 1.54) is 38.5 Å². The summed E-state index contributed by atoms with van der Waals surface area (Å²) in [4.78, 5) is 10.1. The Morgan fingerprint density at radius 1 is 0.857 bits per heavy atom. The molecule has 0 radical (unpaired) electrons. The fraction of sp³-hybridized carbons (Fsp3) is 0.923. The number of aldehydes is 1. The first-order valence-electron chi connectivity index (χ1n) is 6.00. The fourth-order valence-electron chi connectivity index (χ4n) is 1.59. The minimum absolute atomic E-state index is 0.498. The maximum Gasteiger partial charge on any atom is 0.119 e. The molecule has 0 spiro atoms. The highest BCUT2D eigenvalue weighted by molar-refractivity contribution is 5.48. The number of rotatable bonds is 8. The summed E-state index contributed by atoms with van der Waals surface area (Å²) in [6.07, 6.45) is 10.8. The topological polar surface area (TPSA) is 17.1 Å². The van der Waals surface area contributed by atoms with Crippen molar-refractivity contribution in [1.29, 1.82) is 0 Å². The molecule has 0 aromatic heterocycles. The normalized spacial score (nSPS) is 11.6. The molecule has 0 fully saturated rings. The molecule has 0 N–H and O–H groups in total. The molecule has 0 atom stereocenters. The summed E-state index contributed by atoms with van der Waals surface area (Å²) in [6.45, 7) is 6.91. The van der Waals surface area contributed by atoms with E-state index in [4.69, 9.17) is 0 Å². The van der Waals surface area contributed by atoms with Crippen LogP contribution < -0.4 is 0 Å². The van der Waals surface area contributed by atoms with Gasteiger partial charge >= 0.3 is 0 Å². The zero-order valence-corrected chi connectivity index (χ0v) is 10.1. The molecule has 0 aliphatic heterocycles. The maximum absolute atomic E-state index is 10.1. The van der Waals surface area contributed by atoms with E-state index in [1.54, 1.807) is 0 Å². The van der Waals surface area contributed by atoms with Crippen molar-refractivity contribution < 1.29 is 4.79 Å². The summed E-state index contributed by atoms with van der Waals surface area (Å²) in [6, 6.07) is 0. The van der Waals surface area contributed by atoms with Gasteiger partial charge in [-0.25, -0.2) is 0 Å². The molecule has 1 nitrogen and oxygen atoms in total. The third-order valence-electron chi connectivity index (χ3n) is 2.50. The van der Waals surface area contributed by atoms with E-state index in [0.29, 0.717) is 5.41 Å². The molecular weight excluding hydrogens is 172 g/mol. The molecule has 14 heavy (non-hydrogen) atoms. The molecule has 0 aliphatic carbocycles. The molecule has 0 saturated carbocycles. The summed E-state index contributed by atoms with van der Waals surface area (Å²) >= 11 is 0. The van der Waals surface area contributed by atoms with Crippen LogP contribution in [0.1, 0.15) is 72.1 Å². The standard InChI is InChI=1S/C13H26O/c1-13(2,3)11-9-7-5-4-6-8-10-12-14/h12H,4-11H2,1-3H3. The van der Waals surface area contributed by atoms with Crippen molar-refractivity contribution >= 4 is 6.29 Å². The smallest absolute Gasteiger partial charge is 0.119 e. The van der Waals surface area contributed by atoms with Crippen LogP contribution in [0.4, 0.5) is 0 Å². The molecule has 0 unspecified atom stereocenters. The summed E-state index contributed by atoms with van der Waals surface area (Å²) in [7, 11) is 0. The molecule has 84 valence electrons. The first kappa shape index (κ1) is 13.7. The van der Waals surface area contributed by atoms with Crippen LogP contribution in [0, 0.1) is 5.41 Å². The molecule has 0 aromatic rings. The van der Waals surface area contributed by atoms with Gasteiger partial charge in [0.1, 0.15) is 6.29 Å². The van der Waals surface area contributed by atoms with Crippen molar-refractivity contribution in [2.45, 2.75) is 72.1 Å². The second kappa shape index (κ2) is 8.02. The van der Waals surface area contributed by atoms with E-state index in [9.17, 15) is 4.79 Å². The zero-order valence-electron chi connectivity index (χ0n) is 10.1. The Morgan fingerprint density at radius 2 is 1.36 bits per heavy atom. The predicted molar refractivity (Wildman–Crippen MR) is 62.5 cm³/mol. The highest BCUT2D eigenvalue weighted by Crippen LogP contribution is 2.22. The summed E-state index contributed by atoms with van der Waals surface area (Å²) in [5, 5.41) is 0. The van der Waals surface area contributed by atoms with Crippen LogP contribution in [0.2, 0.25) is 0 Å². The first-order valence-corrected chi connectivity index (χ1v) is 6.00. The van der Waals surface area contributed by atoms with E-state index >= 15 is 0 Å². The lowest BCUT2D eigenvalue weighted by Crippen LogP contribution is -2.03. The summed E-state index contributed by atoms with van der Waals surface area (Å²) < 4.78 is 0. The molecule has 0 aliphatic rings. The quantitative estimate of drug-likeness (QED) is 0.418. The van der Waals surface area contributed by atoms with Gasteiger partial charge in [0.2, 0.25) is 0 Å². The Bertz CT molecular complexity index is 133. The minimum Gasteiger partial charge on any atom is -0.303 e. The van der Waals surface area contributed by atoms with Crippen LogP contribution in [0.3, 0.4) is 0 Å². The number of unbranched alkanes of at least 4 members (excludes halogenated alkanes) is 6. The lowest BCUT2D eigenvalue weighted by atomic mass is 9.89. The average molecular weight is 198 g/mol. The SMILES string of the molecule is CC(C)(C)CCCCCCCCC=O. The van der Waals surface area contributed by atoms with Crippen LogP contribution in [0.15, 0.2) is 0 Å². The number of carbonyl (C=O) groups is 1. The zero-order chi connectivity index (χ0) is 10.9. The van der Waals surface area contributed by atoms with Gasteiger partial charge in [-0.15, -0.1) is 0 Å². The molecule has 0 aromatic carbocycles. The van der Waals surface area contributed by atoms with Crippen molar-refractivity contribution in [3.8, 4) is 0 Å². The van der Waals surface area contributed by atoms with E-state index in [1.807, 2.05) is 0 Å². The molecule has 0 bridgehead atoms. The molecular formula is C13H26O. The summed E-state index contributed by atoms with van der Waals surface area (Å²) in [5.41, 5.74) is 0.498. The van der Waals surface area contributed by atoms with Gasteiger partial charge in [0.15, 0.2) is 0 Å². The van der Waals surface area contributed by atoms with Crippen molar-refractivity contribution in [3.63, 3.8) is 0 Å². The molecule has 0 amide bonds. The van der Waals surface area contributed by atoms with Gasteiger partial charge in [0.25, 0.3) is 0 Å². The number of hydrogen-bond donors (Lipinski definition) is 0. The molecule has 0 rings (SSSR count). The Labute approximate surface area is 89.3 Å². The molecule has 0 saturated heterocycles. The van der Waals surface area contributed by atoms with Crippen LogP contribution in [0.25, 0.3) is 0 Å². The fourth-order valence-corrected chi connectivity index (χ4v) is 1.59. The lowest BCUT2D eigenvalue weighted by molar-refractivity contribution is -0.107. The Kier molecular flexibility index (Phi) is 7.83. The highest BCUT2D eigenvalue weighted by atomic mass is 16.1. The molecule has 0 heterocycles. The second-order valence-corrected chi connectivity index (χ2v) is 5.39. The van der Waals surface area contributed by atoms with Crippen LogP contribution in [-0.4, -0.2) is 6.29 Å². The van der Waals surface area contributed by atoms with Gasteiger partial charge in [-0.2, -0.15) is 0 Å². The predicted octanol–water partition coefficient (Wildman–Crippen LogP) is 4.35. The van der Waals surface area contributed by atoms with Crippen molar-refractivity contribution in [2.75, 3.05) is 0 Å². The van der Waals surface area contributed by atoms with Crippen LogP contribution in [0.5, 0.6) is 0 Å². The van der Waals surface area contributed by atoms with Gasteiger partial charge in [-0.3, -0.25) is 0 Å². The summed E-state index contributed by atoms with van der Waals surface area (Å²) in [5.74, 6) is 0. The largest absolute Gasteiger partial charge is 0.303 e. The van der Waals surface area contributed by atoms with Gasteiger partial charge < -0.3 is 4.79 Å². The minimum atomic E-state index is 0.498. The van der Waals surface area contributed by atoms with Crippen molar-refractivity contribution in [3.05, 3.63) is 0 Å². The van der Waals surface area contributed by atoms with E-state index in [0.717, 1.165) is 19.1 Å². The highest BCUT2D eigenvalue weighted by Gasteiger charge is 2.08. The average Bonchev–Trinajstić information content (AvgIpc) is 2.08. The lowest BCUT2D eigenvalue weighted by Gasteiger charge is -2.17. The maximum atomic E-state index is 10.1. The Morgan fingerprint density at radius 3 is 1.86 bits per heavy atom. The monoisotopic (exact) mass is 198 g/mol. The second-order valence-electron chi connectivity index (χ2n) is 5.39. The van der Waals surface area contributed by atoms with Gasteiger partial charge in [-0.1, -0.05) is 52.9 Å². The Balaban J connectivity index is 3.03. The van der Waals surface area contributed by atoms with Gasteiger partial charge in [0, 0.05) is 6.42 Å². The van der Waals surface area contributed by atoms with E-state index in [2.05, 4.69) is 20.8 Å². The third kappa shape index (κ3) is 11.7. The number of hydrogen-bond acceptors (Lipinski definition) is 1. The van der Waals surface area contributed by atoms with Gasteiger partial charge in [-0.05, 0) is 18.3 Å². The van der Waals surface area contributed by atoms with Crippen molar-refractivity contribution in [2.24, 2.45) is 5.41 Å². The van der Waals surface area contributed by atoms with Crippen molar-refractivity contribution in [1.82, 2.24) is 0 Å². The van der Waals surface area contributed by atoms with E-state index in [-0.39, 0.29) is 0 Å². The van der Waals surface area contributed by atoms with Gasteiger partial charge in [0.05, 0.1) is 0 Å². The first-order chi connectivity index (χ1) is 6.56. The Hall–Kier alpha value is -0.330. The van der Waals surface area contributed by atoms with Crippen LogP contribution in [-0.2, 0) is 4.79 Å². The number of carbonyl (C=O) groups excluding carboxylic acids is 1.